The van der Waals surface area contributed by atoms with E-state index in [1.54, 1.807) is 58.1 Å². The fourth-order valence-electron chi connectivity index (χ4n) is 6.85. The monoisotopic (exact) mass is 727 g/mol. The van der Waals surface area contributed by atoms with Crippen molar-refractivity contribution in [2.75, 3.05) is 36.1 Å². The summed E-state index contributed by atoms with van der Waals surface area (Å²) >= 11 is 0. The maximum absolute atomic E-state index is 14.7. The number of aliphatic hydroxyl groups is 1. The van der Waals surface area contributed by atoms with Gasteiger partial charge in [-0.15, -0.1) is 0 Å². The van der Waals surface area contributed by atoms with E-state index in [1.165, 1.54) is 0 Å². The Morgan fingerprint density at radius 2 is 1.52 bits per heavy atom. The van der Waals surface area contributed by atoms with Crippen LogP contribution in [-0.2, 0) is 13.0 Å². The third-order valence-electron chi connectivity index (χ3n) is 9.90. The summed E-state index contributed by atoms with van der Waals surface area (Å²) in [4.78, 5) is 45.9. The Balaban J connectivity index is 1.37. The topological polar surface area (TPSA) is 146 Å². The molecule has 5 N–H and O–H groups in total. The van der Waals surface area contributed by atoms with Crippen LogP contribution in [0.4, 0.5) is 22.7 Å². The molecule has 11 nitrogen and oxygen atoms in total. The normalized spacial score (nSPS) is 13.6. The van der Waals surface area contributed by atoms with Crippen molar-refractivity contribution in [2.24, 2.45) is 0 Å². The molecule has 1 aromatic heterocycles. The summed E-state index contributed by atoms with van der Waals surface area (Å²) in [6, 6.07) is 28.8. The predicted molar refractivity (Wildman–Crippen MR) is 213 cm³/mol. The Labute approximate surface area is 316 Å². The highest BCUT2D eigenvalue weighted by Crippen LogP contribution is 2.30. The molecule has 280 valence electrons. The van der Waals surface area contributed by atoms with Gasteiger partial charge in [-0.1, -0.05) is 75.2 Å². The molecule has 0 unspecified atom stereocenters. The van der Waals surface area contributed by atoms with Crippen molar-refractivity contribution >= 4 is 40.5 Å². The predicted octanol–water partition coefficient (Wildman–Crippen LogP) is 7.36. The van der Waals surface area contributed by atoms with Crippen LogP contribution in [-0.4, -0.2) is 68.1 Å². The van der Waals surface area contributed by atoms with Gasteiger partial charge in [-0.3, -0.25) is 14.4 Å². The highest BCUT2D eigenvalue weighted by atomic mass is 16.3. The van der Waals surface area contributed by atoms with Gasteiger partial charge in [0.15, 0.2) is 5.69 Å². The zero-order chi connectivity index (χ0) is 38.2. The van der Waals surface area contributed by atoms with Crippen LogP contribution in [0.2, 0.25) is 0 Å². The Morgan fingerprint density at radius 3 is 2.22 bits per heavy atom. The molecule has 2 heterocycles. The number of amides is 3. The number of hydrogen-bond acceptors (Lipinski definition) is 7. The van der Waals surface area contributed by atoms with Gasteiger partial charge in [-0.25, -0.2) is 4.68 Å². The molecule has 0 aliphatic carbocycles. The van der Waals surface area contributed by atoms with E-state index in [2.05, 4.69) is 24.5 Å². The minimum absolute atomic E-state index is 0.145. The number of benzene rings is 4. The van der Waals surface area contributed by atoms with Gasteiger partial charge in [0, 0.05) is 31.0 Å². The number of nitrogens with two attached hydrogens (primary N) is 1. The molecular formula is C43H49N7O4. The van der Waals surface area contributed by atoms with E-state index in [-0.39, 0.29) is 29.9 Å². The molecule has 1 atom stereocenters. The number of anilines is 4. The van der Waals surface area contributed by atoms with E-state index in [0.717, 1.165) is 36.8 Å². The first kappa shape index (κ1) is 37.8. The zero-order valence-electron chi connectivity index (χ0n) is 31.2. The van der Waals surface area contributed by atoms with Gasteiger partial charge >= 0.3 is 0 Å². The van der Waals surface area contributed by atoms with Crippen LogP contribution in [0.15, 0.2) is 97.1 Å². The van der Waals surface area contributed by atoms with Crippen molar-refractivity contribution in [2.45, 2.75) is 65.5 Å². The van der Waals surface area contributed by atoms with Crippen LogP contribution >= 0.6 is 0 Å². The molecule has 0 radical (unpaired) electrons. The molecule has 0 saturated carbocycles. The molecule has 5 aromatic rings. The first-order chi connectivity index (χ1) is 26.2. The minimum atomic E-state index is -0.455. The summed E-state index contributed by atoms with van der Waals surface area (Å²) < 4.78 is 1.62. The lowest BCUT2D eigenvalue weighted by Crippen LogP contribution is -2.46. The second-order valence-electron chi connectivity index (χ2n) is 13.8. The van der Waals surface area contributed by atoms with Crippen molar-refractivity contribution in [3.63, 3.8) is 0 Å². The van der Waals surface area contributed by atoms with Gasteiger partial charge in [0.2, 0.25) is 0 Å². The number of rotatable bonds is 14. The lowest BCUT2D eigenvalue weighted by molar-refractivity contribution is 0.0544. The molecular weight excluding hydrogens is 679 g/mol. The third-order valence-corrected chi connectivity index (χ3v) is 9.90. The summed E-state index contributed by atoms with van der Waals surface area (Å²) in [5.41, 5.74) is 12.5. The number of aliphatic hydroxyl groups excluding tert-OH is 1. The number of carbonyl (C=O) groups excluding carboxylic acids is 3. The van der Waals surface area contributed by atoms with Crippen LogP contribution < -0.4 is 16.4 Å². The number of nitrogens with one attached hydrogen (secondary N) is 2. The highest BCUT2D eigenvalue weighted by Gasteiger charge is 2.32. The minimum Gasteiger partial charge on any atom is -0.397 e. The van der Waals surface area contributed by atoms with Crippen LogP contribution in [0, 0.1) is 6.92 Å². The van der Waals surface area contributed by atoms with Crippen LogP contribution in [0.5, 0.6) is 0 Å². The Bertz CT molecular complexity index is 2120. The molecule has 54 heavy (non-hydrogen) atoms. The fourth-order valence-corrected chi connectivity index (χ4v) is 6.85. The number of carbonyl (C=O) groups is 3. The lowest BCUT2D eigenvalue weighted by Gasteiger charge is -2.36. The number of fused-ring (bicyclic) bond motifs is 1. The molecule has 0 spiro atoms. The summed E-state index contributed by atoms with van der Waals surface area (Å²) in [6.45, 7) is 7.45. The Kier molecular flexibility index (Phi) is 12.1. The molecule has 6 rings (SSSR count). The summed E-state index contributed by atoms with van der Waals surface area (Å²) in [6.07, 6.45) is 4.24. The van der Waals surface area contributed by atoms with E-state index in [1.807, 2.05) is 60.4 Å². The number of hydrogen-bond donors (Lipinski definition) is 4. The number of nitrogens with zero attached hydrogens (tertiary/aromatic N) is 4. The largest absolute Gasteiger partial charge is 0.397 e. The molecule has 0 bridgehead atoms. The molecule has 3 amide bonds. The smallest absolute Gasteiger partial charge is 0.274 e. The highest BCUT2D eigenvalue weighted by molar-refractivity contribution is 6.09. The van der Waals surface area contributed by atoms with Gasteiger partial charge in [0.25, 0.3) is 17.7 Å². The molecule has 11 heteroatoms. The quantitative estimate of drug-likeness (QED) is 0.0875. The number of nitrogen functional groups attached to an aromatic ring is 1. The first-order valence-electron chi connectivity index (χ1n) is 18.7. The average molecular weight is 728 g/mol. The number of aromatic nitrogens is 2. The van der Waals surface area contributed by atoms with Crippen molar-refractivity contribution in [1.29, 1.82) is 0 Å². The van der Waals surface area contributed by atoms with E-state index in [9.17, 15) is 19.5 Å². The SMILES string of the molecule is CCCCN(CCCC)C(=O)c1cc(C)n(-c2ccc(NC(=O)c3ccccc3Nc3ccccc3N)cc2C(=O)N2Cc3ccccc3C[C@H]2CO)n1. The summed E-state index contributed by atoms with van der Waals surface area (Å²) in [7, 11) is 0. The van der Waals surface area contributed by atoms with Crippen LogP contribution in [0.25, 0.3) is 5.69 Å². The van der Waals surface area contributed by atoms with Gasteiger partial charge in [0.05, 0.1) is 46.5 Å². The number of unbranched alkanes of at least 4 members (excludes halogenated alkanes) is 2. The van der Waals surface area contributed by atoms with Crippen molar-refractivity contribution in [3.8, 4) is 5.69 Å². The van der Waals surface area contributed by atoms with Crippen molar-refractivity contribution < 1.29 is 19.5 Å². The number of para-hydroxylation sites is 3. The second-order valence-corrected chi connectivity index (χ2v) is 13.8. The number of aryl methyl sites for hydroxylation is 1. The standard InChI is InChI=1S/C43H49N7O4/c1-4-6-22-48(23-7-5-2)43(54)39-24-29(3)50(47-39)40-21-20-32(26-35(40)42(53)49-27-31-15-9-8-14-30(31)25-33(49)28-51)45-41(52)34-16-10-12-18-37(34)46-38-19-13-11-17-36(38)44/h8-21,24,26,33,46,51H,4-7,22-23,25,27-28,44H2,1-3H3,(H,45,52)/t33-/m0/s1. The fraction of sp³-hybridized carbons (Fsp3) is 0.302. The third kappa shape index (κ3) is 8.31. The maximum Gasteiger partial charge on any atom is 0.274 e. The van der Waals surface area contributed by atoms with E-state index in [4.69, 9.17) is 10.8 Å². The first-order valence-corrected chi connectivity index (χ1v) is 18.7. The molecule has 1 aliphatic rings. The maximum atomic E-state index is 14.7. The Morgan fingerprint density at radius 1 is 0.852 bits per heavy atom. The lowest BCUT2D eigenvalue weighted by atomic mass is 9.93. The molecule has 0 fully saturated rings. The van der Waals surface area contributed by atoms with Crippen molar-refractivity contribution in [1.82, 2.24) is 19.6 Å². The molecule has 0 saturated heterocycles. The zero-order valence-corrected chi connectivity index (χ0v) is 31.2. The van der Waals surface area contributed by atoms with Gasteiger partial charge in [-0.2, -0.15) is 5.10 Å². The Hall–Kier alpha value is -5.94. The van der Waals surface area contributed by atoms with Crippen molar-refractivity contribution in [3.05, 3.63) is 131 Å². The van der Waals surface area contributed by atoms with E-state index < -0.39 is 6.04 Å². The van der Waals surface area contributed by atoms with Gasteiger partial charge < -0.3 is 31.3 Å². The molecule has 1 aliphatic heterocycles. The van der Waals surface area contributed by atoms with Gasteiger partial charge in [0.1, 0.15) is 0 Å². The summed E-state index contributed by atoms with van der Waals surface area (Å²) in [5.74, 6) is -0.860. The van der Waals surface area contributed by atoms with E-state index >= 15 is 0 Å². The van der Waals surface area contributed by atoms with Crippen LogP contribution in [0.1, 0.15) is 87.6 Å². The van der Waals surface area contributed by atoms with Gasteiger partial charge in [-0.05, 0) is 85.8 Å². The second kappa shape index (κ2) is 17.3. The average Bonchev–Trinajstić information content (AvgIpc) is 3.58. The summed E-state index contributed by atoms with van der Waals surface area (Å²) in [5, 5.41) is 21.5. The van der Waals surface area contributed by atoms with E-state index in [0.29, 0.717) is 71.4 Å². The molecule has 4 aromatic carbocycles. The van der Waals surface area contributed by atoms with Crippen LogP contribution in [0.3, 0.4) is 0 Å².